The van der Waals surface area contributed by atoms with Crippen molar-refractivity contribution in [3.05, 3.63) is 29.6 Å². The van der Waals surface area contributed by atoms with Gasteiger partial charge in [0.2, 0.25) is 0 Å². The maximum atomic E-state index is 13.0. The molecule has 0 unspecified atom stereocenters. The number of nitrogens with zero attached hydrogens (tertiary/aromatic N) is 2. The molecule has 0 fully saturated rings. The van der Waals surface area contributed by atoms with Crippen molar-refractivity contribution in [2.45, 2.75) is 0 Å². The minimum absolute atomic E-state index is 0.0103. The number of carbonyl (C=O) groups is 1. The van der Waals surface area contributed by atoms with Gasteiger partial charge in [0.05, 0.1) is 5.56 Å². The number of halogens is 2. The lowest BCUT2D eigenvalue weighted by atomic mass is 10.1. The van der Waals surface area contributed by atoms with Gasteiger partial charge in [0.1, 0.15) is 0 Å². The topological polar surface area (TPSA) is 108 Å². The third-order valence-corrected chi connectivity index (χ3v) is 1.97. The summed E-state index contributed by atoms with van der Waals surface area (Å²) in [6, 6.07) is 1.57. The normalized spacial score (nSPS) is 10.5. The number of rotatable bonds is 2. The largest absolute Gasteiger partial charge is 0.398 e. The zero-order valence-electron chi connectivity index (χ0n) is 8.28. The average molecular weight is 240 g/mol. The maximum absolute atomic E-state index is 13.0. The van der Waals surface area contributed by atoms with Crippen molar-refractivity contribution in [2.24, 2.45) is 5.73 Å². The third kappa shape index (κ3) is 1.92. The lowest BCUT2D eigenvalue weighted by Gasteiger charge is -2.01. The van der Waals surface area contributed by atoms with Crippen molar-refractivity contribution in [1.29, 1.82) is 0 Å². The highest BCUT2D eigenvalue weighted by Crippen LogP contribution is 2.26. The maximum Gasteiger partial charge on any atom is 0.290 e. The predicted octanol–water partition coefficient (Wildman–Crippen LogP) is 0.696. The minimum atomic E-state index is -1.12. The highest BCUT2D eigenvalue weighted by Gasteiger charge is 2.17. The summed E-state index contributed by atoms with van der Waals surface area (Å²) in [6.45, 7) is 0. The molecule has 0 bridgehead atoms. The van der Waals surface area contributed by atoms with Gasteiger partial charge in [-0.1, -0.05) is 5.16 Å². The van der Waals surface area contributed by atoms with Gasteiger partial charge in [-0.2, -0.15) is 4.98 Å². The van der Waals surface area contributed by atoms with E-state index in [1.54, 1.807) is 0 Å². The van der Waals surface area contributed by atoms with Gasteiger partial charge in [0, 0.05) is 11.8 Å². The molecule has 0 aliphatic heterocycles. The zero-order chi connectivity index (χ0) is 12.6. The number of carbonyl (C=O) groups excluding carboxylic acids is 1. The van der Waals surface area contributed by atoms with Crippen LogP contribution in [0.2, 0.25) is 0 Å². The van der Waals surface area contributed by atoms with Gasteiger partial charge in [0.15, 0.2) is 11.6 Å². The van der Waals surface area contributed by atoms with Crippen LogP contribution in [0.25, 0.3) is 11.5 Å². The lowest BCUT2D eigenvalue weighted by Crippen LogP contribution is -2.12. The fourth-order valence-electron chi connectivity index (χ4n) is 1.18. The molecular weight excluding hydrogens is 234 g/mol. The van der Waals surface area contributed by atoms with E-state index in [-0.39, 0.29) is 23.0 Å². The van der Waals surface area contributed by atoms with E-state index in [9.17, 15) is 13.6 Å². The zero-order valence-corrected chi connectivity index (χ0v) is 8.28. The van der Waals surface area contributed by atoms with Crippen LogP contribution >= 0.6 is 0 Å². The molecule has 0 spiro atoms. The Labute approximate surface area is 93.2 Å². The number of nitrogens with two attached hydrogens (primary N) is 2. The monoisotopic (exact) mass is 240 g/mol. The van der Waals surface area contributed by atoms with E-state index in [0.29, 0.717) is 0 Å². The molecule has 88 valence electrons. The van der Waals surface area contributed by atoms with Crippen LogP contribution in [-0.2, 0) is 0 Å². The number of primary amides is 1. The van der Waals surface area contributed by atoms with E-state index < -0.39 is 17.5 Å². The van der Waals surface area contributed by atoms with Crippen LogP contribution < -0.4 is 11.5 Å². The van der Waals surface area contributed by atoms with Gasteiger partial charge >= 0.3 is 0 Å². The molecule has 8 heteroatoms. The van der Waals surface area contributed by atoms with Crippen molar-refractivity contribution in [3.63, 3.8) is 0 Å². The van der Waals surface area contributed by atoms with Gasteiger partial charge in [0.25, 0.3) is 17.6 Å². The Morgan fingerprint density at radius 1 is 1.29 bits per heavy atom. The molecule has 0 radical (unpaired) electrons. The first kappa shape index (κ1) is 11.0. The standard InChI is InChI=1S/C9H6F2N4O2/c10-4-1-3(6(12)2-5(4)11)9-14-8(7(13)16)15-17-9/h1-2H,12H2,(H2,13,16). The van der Waals surface area contributed by atoms with Gasteiger partial charge in [-0.25, -0.2) is 8.78 Å². The van der Waals surface area contributed by atoms with Gasteiger partial charge in [-0.05, 0) is 6.07 Å². The van der Waals surface area contributed by atoms with Crippen molar-refractivity contribution >= 4 is 11.6 Å². The van der Waals surface area contributed by atoms with Crippen molar-refractivity contribution in [3.8, 4) is 11.5 Å². The van der Waals surface area contributed by atoms with Gasteiger partial charge in [-0.15, -0.1) is 0 Å². The number of hydrogen-bond acceptors (Lipinski definition) is 5. The van der Waals surface area contributed by atoms with Crippen LogP contribution in [0.1, 0.15) is 10.6 Å². The molecule has 0 aliphatic rings. The molecule has 1 heterocycles. The molecule has 1 aromatic heterocycles. The molecule has 4 N–H and O–H groups in total. The molecule has 0 saturated heterocycles. The molecule has 2 aromatic rings. The second-order valence-electron chi connectivity index (χ2n) is 3.14. The summed E-state index contributed by atoms with van der Waals surface area (Å²) >= 11 is 0. The Hall–Kier alpha value is -2.51. The SMILES string of the molecule is NC(=O)c1noc(-c2cc(F)c(F)cc2N)n1. The summed E-state index contributed by atoms with van der Waals surface area (Å²) in [5, 5.41) is 3.25. The Bertz CT molecular complexity index is 597. The Balaban J connectivity index is 2.52. The Morgan fingerprint density at radius 2 is 1.94 bits per heavy atom. The van der Waals surface area contributed by atoms with Gasteiger partial charge in [-0.3, -0.25) is 4.79 Å². The van der Waals surface area contributed by atoms with Crippen LogP contribution in [-0.4, -0.2) is 16.0 Å². The Morgan fingerprint density at radius 3 is 2.53 bits per heavy atom. The lowest BCUT2D eigenvalue weighted by molar-refractivity contribution is 0.0987. The first-order chi connectivity index (χ1) is 7.99. The number of benzene rings is 1. The fraction of sp³-hybridized carbons (Fsp3) is 0. The third-order valence-electron chi connectivity index (χ3n) is 1.97. The molecule has 6 nitrogen and oxygen atoms in total. The van der Waals surface area contributed by atoms with Crippen molar-refractivity contribution in [2.75, 3.05) is 5.73 Å². The molecule has 1 amide bonds. The highest BCUT2D eigenvalue weighted by atomic mass is 19.2. The molecule has 17 heavy (non-hydrogen) atoms. The van der Waals surface area contributed by atoms with E-state index in [0.717, 1.165) is 12.1 Å². The molecule has 0 atom stereocenters. The molecule has 0 aliphatic carbocycles. The molecule has 1 aromatic carbocycles. The van der Waals surface area contributed by atoms with Gasteiger partial charge < -0.3 is 16.0 Å². The molecule has 2 rings (SSSR count). The van der Waals surface area contributed by atoms with Crippen molar-refractivity contribution < 1.29 is 18.1 Å². The van der Waals surface area contributed by atoms with E-state index in [1.807, 2.05) is 0 Å². The number of anilines is 1. The second kappa shape index (κ2) is 3.81. The highest BCUT2D eigenvalue weighted by molar-refractivity contribution is 5.89. The van der Waals surface area contributed by atoms with Crippen LogP contribution in [0.4, 0.5) is 14.5 Å². The van der Waals surface area contributed by atoms with E-state index >= 15 is 0 Å². The van der Waals surface area contributed by atoms with Crippen molar-refractivity contribution in [1.82, 2.24) is 10.1 Å². The van der Waals surface area contributed by atoms with E-state index in [4.69, 9.17) is 11.5 Å². The summed E-state index contributed by atoms with van der Waals surface area (Å²) in [7, 11) is 0. The second-order valence-corrected chi connectivity index (χ2v) is 3.14. The number of hydrogen-bond donors (Lipinski definition) is 2. The molecule has 0 saturated carbocycles. The molecular formula is C9H6F2N4O2. The van der Waals surface area contributed by atoms with E-state index in [2.05, 4.69) is 14.7 Å². The van der Waals surface area contributed by atoms with Crippen LogP contribution in [0.3, 0.4) is 0 Å². The van der Waals surface area contributed by atoms with Crippen LogP contribution in [0.15, 0.2) is 16.7 Å². The minimum Gasteiger partial charge on any atom is -0.398 e. The number of amides is 1. The van der Waals surface area contributed by atoms with Crippen LogP contribution in [0, 0.1) is 11.6 Å². The summed E-state index contributed by atoms with van der Waals surface area (Å²) in [6.07, 6.45) is 0. The number of nitrogen functional groups attached to an aromatic ring is 1. The average Bonchev–Trinajstić information content (AvgIpc) is 2.72. The quantitative estimate of drug-likeness (QED) is 0.751. The van der Waals surface area contributed by atoms with Crippen LogP contribution in [0.5, 0.6) is 0 Å². The fourth-order valence-corrected chi connectivity index (χ4v) is 1.18. The predicted molar refractivity (Wildman–Crippen MR) is 52.6 cm³/mol. The van der Waals surface area contributed by atoms with E-state index in [1.165, 1.54) is 0 Å². The summed E-state index contributed by atoms with van der Waals surface area (Å²) < 4.78 is 30.5. The first-order valence-corrected chi connectivity index (χ1v) is 4.37. The summed E-state index contributed by atoms with van der Waals surface area (Å²) in [5.41, 5.74) is 10.3. The summed E-state index contributed by atoms with van der Waals surface area (Å²) in [5.74, 6) is -3.70. The number of aromatic nitrogens is 2. The summed E-state index contributed by atoms with van der Waals surface area (Å²) in [4.78, 5) is 14.3. The first-order valence-electron chi connectivity index (χ1n) is 4.37. The Kier molecular flexibility index (Phi) is 2.47. The smallest absolute Gasteiger partial charge is 0.290 e.